The fourth-order valence-corrected chi connectivity index (χ4v) is 2.15. The van der Waals surface area contributed by atoms with Gasteiger partial charge in [-0.15, -0.1) is 0 Å². The van der Waals surface area contributed by atoms with Gasteiger partial charge >= 0.3 is 0 Å². The summed E-state index contributed by atoms with van der Waals surface area (Å²) in [5, 5.41) is 2.95. The molecule has 0 aromatic carbocycles. The lowest BCUT2D eigenvalue weighted by Crippen LogP contribution is -3.00. The number of hydrogen-bond donors (Lipinski definition) is 1. The minimum atomic E-state index is 0. The van der Waals surface area contributed by atoms with Gasteiger partial charge in [-0.1, -0.05) is 0 Å². The van der Waals surface area contributed by atoms with Crippen LogP contribution in [-0.2, 0) is 4.79 Å². The van der Waals surface area contributed by atoms with Crippen molar-refractivity contribution < 1.29 is 33.3 Å². The van der Waals surface area contributed by atoms with Gasteiger partial charge < -0.3 is 33.8 Å². The normalized spacial score (nSPS) is 27.9. The maximum Gasteiger partial charge on any atom is 0.220 e. The van der Waals surface area contributed by atoms with Crippen LogP contribution in [0.1, 0.15) is 19.8 Å². The van der Waals surface area contributed by atoms with Gasteiger partial charge in [0.1, 0.15) is 0 Å². The Balaban J connectivity index is 0.00000169. The molecule has 0 bridgehead atoms. The van der Waals surface area contributed by atoms with Gasteiger partial charge in [0.25, 0.3) is 0 Å². The summed E-state index contributed by atoms with van der Waals surface area (Å²) >= 11 is 0. The first-order chi connectivity index (χ1) is 5.87. The van der Waals surface area contributed by atoms with Crippen LogP contribution >= 0.6 is 0 Å². The first-order valence-electron chi connectivity index (χ1n) is 4.96. The van der Waals surface area contributed by atoms with E-state index in [0.29, 0.717) is 18.4 Å². The summed E-state index contributed by atoms with van der Waals surface area (Å²) in [4.78, 5) is 11.3. The number of piperidine rings is 1. The minimum absolute atomic E-state index is 0. The Bertz CT molecular complexity index is 201. The molecule has 3 nitrogen and oxygen atoms in total. The SMILES string of the molecule is C[C@@H]1C[C@H](C[N+](C)(C)C)CC(=O)N1.[I-]. The average molecular weight is 312 g/mol. The predicted octanol–water partition coefficient (Wildman–Crippen LogP) is -2.39. The first kappa shape index (κ1) is 14.2. The number of carbonyl (C=O) groups excluding carboxylic acids is 1. The van der Waals surface area contributed by atoms with Crippen molar-refractivity contribution in [2.24, 2.45) is 5.92 Å². The molecule has 1 amide bonds. The molecule has 0 saturated carbocycles. The van der Waals surface area contributed by atoms with E-state index >= 15 is 0 Å². The van der Waals surface area contributed by atoms with Crippen LogP contribution in [0.5, 0.6) is 0 Å². The third-order valence-electron chi connectivity index (χ3n) is 2.37. The Morgan fingerprint density at radius 3 is 2.43 bits per heavy atom. The van der Waals surface area contributed by atoms with Crippen LogP contribution in [0.3, 0.4) is 0 Å². The van der Waals surface area contributed by atoms with Crippen LogP contribution in [0.2, 0.25) is 0 Å². The molecule has 0 radical (unpaired) electrons. The van der Waals surface area contributed by atoms with E-state index in [0.717, 1.165) is 17.4 Å². The molecule has 4 heteroatoms. The molecule has 1 heterocycles. The maximum absolute atomic E-state index is 11.3. The summed E-state index contributed by atoms with van der Waals surface area (Å²) in [5.41, 5.74) is 0. The maximum atomic E-state index is 11.3. The van der Waals surface area contributed by atoms with Crippen molar-refractivity contribution in [3.05, 3.63) is 0 Å². The number of nitrogens with zero attached hydrogens (tertiary/aromatic N) is 1. The molecule has 1 fully saturated rings. The highest BCUT2D eigenvalue weighted by atomic mass is 127. The van der Waals surface area contributed by atoms with Gasteiger partial charge in [0.15, 0.2) is 0 Å². The van der Waals surface area contributed by atoms with E-state index in [1.165, 1.54) is 0 Å². The van der Waals surface area contributed by atoms with Gasteiger partial charge in [-0.3, -0.25) is 4.79 Å². The predicted molar refractivity (Wildman–Crippen MR) is 53.2 cm³/mol. The Morgan fingerprint density at radius 1 is 1.43 bits per heavy atom. The fraction of sp³-hybridized carbons (Fsp3) is 0.900. The minimum Gasteiger partial charge on any atom is -1.00 e. The highest BCUT2D eigenvalue weighted by Gasteiger charge is 2.27. The largest absolute Gasteiger partial charge is 1.00 e. The molecule has 1 aliphatic rings. The highest BCUT2D eigenvalue weighted by Crippen LogP contribution is 2.18. The van der Waals surface area contributed by atoms with E-state index in [-0.39, 0.29) is 29.9 Å². The Kier molecular flexibility index (Phi) is 5.36. The van der Waals surface area contributed by atoms with Crippen molar-refractivity contribution in [3.8, 4) is 0 Å². The topological polar surface area (TPSA) is 29.1 Å². The average Bonchev–Trinajstić information content (AvgIpc) is 1.78. The molecule has 14 heavy (non-hydrogen) atoms. The quantitative estimate of drug-likeness (QED) is 0.448. The molecular weight excluding hydrogens is 291 g/mol. The van der Waals surface area contributed by atoms with Gasteiger partial charge in [-0.2, -0.15) is 0 Å². The van der Waals surface area contributed by atoms with Crippen molar-refractivity contribution in [2.75, 3.05) is 27.7 Å². The van der Waals surface area contributed by atoms with Gasteiger partial charge in [0.05, 0.1) is 27.7 Å². The van der Waals surface area contributed by atoms with Crippen molar-refractivity contribution in [3.63, 3.8) is 0 Å². The van der Waals surface area contributed by atoms with Crippen molar-refractivity contribution in [2.45, 2.75) is 25.8 Å². The smallest absolute Gasteiger partial charge is 0.220 e. The zero-order valence-electron chi connectivity index (χ0n) is 9.51. The van der Waals surface area contributed by atoms with E-state index in [1.54, 1.807) is 0 Å². The molecule has 1 N–H and O–H groups in total. The van der Waals surface area contributed by atoms with Crippen molar-refractivity contribution >= 4 is 5.91 Å². The molecule has 84 valence electrons. The van der Waals surface area contributed by atoms with E-state index in [1.807, 2.05) is 0 Å². The van der Waals surface area contributed by atoms with Crippen LogP contribution in [0.25, 0.3) is 0 Å². The number of carbonyl (C=O) groups is 1. The standard InChI is InChI=1S/C10H20N2O.HI/c1-8-5-9(6-10(13)11-8)7-12(2,3)4;/h8-9H,5-7H2,1-4H3;1H/t8-,9+;/m1./s1. The number of rotatable bonds is 2. The van der Waals surface area contributed by atoms with E-state index in [2.05, 4.69) is 33.4 Å². The molecule has 0 unspecified atom stereocenters. The van der Waals surface area contributed by atoms with Gasteiger partial charge in [0.2, 0.25) is 5.91 Å². The molecule has 2 atom stereocenters. The molecule has 0 spiro atoms. The second-order valence-corrected chi connectivity index (χ2v) is 5.25. The molecular formula is C10H21IN2O. The van der Waals surface area contributed by atoms with Crippen molar-refractivity contribution in [1.29, 1.82) is 0 Å². The van der Waals surface area contributed by atoms with Crippen molar-refractivity contribution in [1.82, 2.24) is 5.32 Å². The second-order valence-electron chi connectivity index (χ2n) is 5.25. The van der Waals surface area contributed by atoms with Gasteiger partial charge in [-0.25, -0.2) is 0 Å². The Hall–Kier alpha value is 0.160. The molecule has 0 aromatic rings. The number of nitrogens with one attached hydrogen (secondary N) is 1. The van der Waals surface area contributed by atoms with Gasteiger partial charge in [-0.05, 0) is 13.3 Å². The number of quaternary nitrogens is 1. The summed E-state index contributed by atoms with van der Waals surface area (Å²) in [6.07, 6.45) is 1.83. The molecule has 1 aliphatic heterocycles. The Labute approximate surface area is 104 Å². The molecule has 1 rings (SSSR count). The number of amides is 1. The fourth-order valence-electron chi connectivity index (χ4n) is 2.15. The summed E-state index contributed by atoms with van der Waals surface area (Å²) < 4.78 is 0.949. The lowest BCUT2D eigenvalue weighted by Gasteiger charge is -2.33. The zero-order chi connectivity index (χ0) is 10.1. The van der Waals surface area contributed by atoms with E-state index in [9.17, 15) is 4.79 Å². The van der Waals surface area contributed by atoms with Crippen LogP contribution in [-0.4, -0.2) is 44.1 Å². The van der Waals surface area contributed by atoms with Crippen LogP contribution in [0.4, 0.5) is 0 Å². The highest BCUT2D eigenvalue weighted by molar-refractivity contribution is 5.77. The summed E-state index contributed by atoms with van der Waals surface area (Å²) in [6.45, 7) is 3.18. The van der Waals surface area contributed by atoms with E-state index < -0.39 is 0 Å². The summed E-state index contributed by atoms with van der Waals surface area (Å²) in [5.74, 6) is 0.779. The summed E-state index contributed by atoms with van der Waals surface area (Å²) in [7, 11) is 6.53. The first-order valence-corrected chi connectivity index (χ1v) is 4.96. The van der Waals surface area contributed by atoms with Crippen LogP contribution in [0.15, 0.2) is 0 Å². The molecule has 0 aliphatic carbocycles. The number of hydrogen-bond acceptors (Lipinski definition) is 1. The zero-order valence-corrected chi connectivity index (χ0v) is 11.7. The number of halogens is 1. The molecule has 0 aromatic heterocycles. The Morgan fingerprint density at radius 2 is 2.00 bits per heavy atom. The monoisotopic (exact) mass is 312 g/mol. The summed E-state index contributed by atoms with van der Waals surface area (Å²) in [6, 6.07) is 0.359. The van der Waals surface area contributed by atoms with Gasteiger partial charge in [0, 0.05) is 18.4 Å². The third-order valence-corrected chi connectivity index (χ3v) is 2.37. The van der Waals surface area contributed by atoms with Crippen LogP contribution < -0.4 is 29.3 Å². The van der Waals surface area contributed by atoms with Crippen LogP contribution in [0, 0.1) is 5.92 Å². The lowest BCUT2D eigenvalue weighted by molar-refractivity contribution is -0.873. The third kappa shape index (κ3) is 5.14. The molecule has 1 saturated heterocycles. The van der Waals surface area contributed by atoms with E-state index in [4.69, 9.17) is 0 Å². The second kappa shape index (κ2) is 5.30. The lowest BCUT2D eigenvalue weighted by atomic mass is 9.92.